The van der Waals surface area contributed by atoms with E-state index in [-0.39, 0.29) is 4.90 Å². The van der Waals surface area contributed by atoms with Gasteiger partial charge >= 0.3 is 0 Å². The van der Waals surface area contributed by atoms with Crippen molar-refractivity contribution in [3.8, 4) is 22.8 Å². The molecule has 1 aromatic heterocycles. The average molecular weight is 391 g/mol. The molecule has 28 heavy (non-hydrogen) atoms. The fourth-order valence-electron chi connectivity index (χ4n) is 2.66. The van der Waals surface area contributed by atoms with Crippen LogP contribution in [-0.2, 0) is 10.0 Å². The highest BCUT2D eigenvalue weighted by Crippen LogP contribution is 2.24. The van der Waals surface area contributed by atoms with Crippen molar-refractivity contribution in [2.75, 3.05) is 4.72 Å². The molecule has 0 fully saturated rings. The topological polar surface area (TPSA) is 85.1 Å². The molecule has 0 bridgehead atoms. The molecule has 140 valence electrons. The summed E-state index contributed by atoms with van der Waals surface area (Å²) >= 11 is 0. The first-order valence-electron chi connectivity index (χ1n) is 8.60. The Bertz CT molecular complexity index is 1180. The summed E-state index contributed by atoms with van der Waals surface area (Å²) < 4.78 is 32.8. The summed E-state index contributed by atoms with van der Waals surface area (Å²) in [6.45, 7) is 1.91. The summed E-state index contributed by atoms with van der Waals surface area (Å²) in [5.74, 6) is 0.867. The highest BCUT2D eigenvalue weighted by atomic mass is 32.2. The van der Waals surface area contributed by atoms with E-state index in [0.29, 0.717) is 17.4 Å². The number of anilines is 1. The Labute approximate surface area is 162 Å². The third kappa shape index (κ3) is 3.79. The van der Waals surface area contributed by atoms with Crippen LogP contribution < -0.4 is 4.72 Å². The second-order valence-corrected chi connectivity index (χ2v) is 7.97. The lowest BCUT2D eigenvalue weighted by Crippen LogP contribution is -2.12. The van der Waals surface area contributed by atoms with Gasteiger partial charge in [0.1, 0.15) is 0 Å². The van der Waals surface area contributed by atoms with Crippen molar-refractivity contribution in [2.24, 2.45) is 0 Å². The maximum Gasteiger partial charge on any atom is 0.261 e. The molecule has 4 rings (SSSR count). The lowest BCUT2D eigenvalue weighted by atomic mass is 10.2. The minimum absolute atomic E-state index is 0.216. The molecule has 0 saturated heterocycles. The molecule has 0 spiro atoms. The Morgan fingerprint density at radius 2 is 1.50 bits per heavy atom. The van der Waals surface area contributed by atoms with E-state index in [2.05, 4.69) is 14.9 Å². The summed E-state index contributed by atoms with van der Waals surface area (Å²) in [6, 6.07) is 23.0. The molecule has 0 aliphatic rings. The van der Waals surface area contributed by atoms with Crippen LogP contribution in [0.5, 0.6) is 0 Å². The van der Waals surface area contributed by atoms with Crippen LogP contribution >= 0.6 is 0 Å². The number of aromatic nitrogens is 2. The molecule has 1 heterocycles. The van der Waals surface area contributed by atoms with Gasteiger partial charge in [0.2, 0.25) is 5.82 Å². The zero-order chi connectivity index (χ0) is 19.6. The number of benzene rings is 3. The summed E-state index contributed by atoms with van der Waals surface area (Å²) in [5.41, 5.74) is 3.02. The number of nitrogens with one attached hydrogen (secondary N) is 1. The first-order chi connectivity index (χ1) is 13.5. The third-order valence-corrected chi connectivity index (χ3v) is 5.57. The van der Waals surface area contributed by atoms with Crippen LogP contribution in [0.25, 0.3) is 22.8 Å². The van der Waals surface area contributed by atoms with Crippen molar-refractivity contribution in [1.29, 1.82) is 0 Å². The largest absolute Gasteiger partial charge is 0.334 e. The maximum atomic E-state index is 12.5. The number of rotatable bonds is 5. The van der Waals surface area contributed by atoms with Crippen molar-refractivity contribution in [3.63, 3.8) is 0 Å². The van der Waals surface area contributed by atoms with E-state index in [4.69, 9.17) is 4.52 Å². The summed E-state index contributed by atoms with van der Waals surface area (Å²) in [5, 5.41) is 4.00. The van der Waals surface area contributed by atoms with Gasteiger partial charge in [0, 0.05) is 16.8 Å². The van der Waals surface area contributed by atoms with Crippen molar-refractivity contribution >= 4 is 15.7 Å². The van der Waals surface area contributed by atoms with Crippen molar-refractivity contribution in [1.82, 2.24) is 10.1 Å². The molecule has 7 heteroatoms. The van der Waals surface area contributed by atoms with Crippen LogP contribution in [0.1, 0.15) is 5.56 Å². The quantitative estimate of drug-likeness (QED) is 0.541. The summed E-state index contributed by atoms with van der Waals surface area (Å²) in [6.07, 6.45) is 0. The van der Waals surface area contributed by atoms with Crippen LogP contribution in [-0.4, -0.2) is 18.6 Å². The molecule has 0 atom stereocenters. The molecule has 0 amide bonds. The second-order valence-electron chi connectivity index (χ2n) is 6.29. The lowest BCUT2D eigenvalue weighted by molar-refractivity contribution is 0.432. The molecule has 0 saturated carbocycles. The van der Waals surface area contributed by atoms with Crippen LogP contribution in [0.15, 0.2) is 88.3 Å². The monoisotopic (exact) mass is 391 g/mol. The zero-order valence-electron chi connectivity index (χ0n) is 15.0. The van der Waals surface area contributed by atoms with Gasteiger partial charge in [-0.25, -0.2) is 8.42 Å². The molecular formula is C21H17N3O3S. The van der Waals surface area contributed by atoms with Gasteiger partial charge in [-0.05, 0) is 55.5 Å². The molecular weight excluding hydrogens is 374 g/mol. The third-order valence-electron chi connectivity index (χ3n) is 4.17. The predicted octanol–water partition coefficient (Wildman–Crippen LogP) is 4.51. The van der Waals surface area contributed by atoms with Gasteiger partial charge in [0.25, 0.3) is 15.9 Å². The fraction of sp³-hybridized carbons (Fsp3) is 0.0476. The van der Waals surface area contributed by atoms with Gasteiger partial charge in [-0.2, -0.15) is 4.98 Å². The molecule has 3 aromatic carbocycles. The number of sulfonamides is 1. The van der Waals surface area contributed by atoms with Gasteiger partial charge < -0.3 is 4.52 Å². The SMILES string of the molecule is Cc1ccc(S(=O)(=O)Nc2ccc(-c3noc(-c4ccccc4)n3)cc2)cc1. The second kappa shape index (κ2) is 7.28. The van der Waals surface area contributed by atoms with Crippen molar-refractivity contribution in [2.45, 2.75) is 11.8 Å². The van der Waals surface area contributed by atoms with E-state index in [1.165, 1.54) is 0 Å². The predicted molar refractivity (Wildman–Crippen MR) is 107 cm³/mol. The number of hydrogen-bond acceptors (Lipinski definition) is 5. The van der Waals surface area contributed by atoms with Crippen LogP contribution in [0, 0.1) is 6.92 Å². The number of hydrogen-bond donors (Lipinski definition) is 1. The number of aryl methyl sites for hydroxylation is 1. The van der Waals surface area contributed by atoms with Crippen LogP contribution in [0.3, 0.4) is 0 Å². The van der Waals surface area contributed by atoms with Gasteiger partial charge in [0.15, 0.2) is 0 Å². The number of nitrogens with zero attached hydrogens (tertiary/aromatic N) is 2. The molecule has 4 aromatic rings. The van der Waals surface area contributed by atoms with E-state index >= 15 is 0 Å². The van der Waals surface area contributed by atoms with Crippen LogP contribution in [0.2, 0.25) is 0 Å². The smallest absolute Gasteiger partial charge is 0.261 e. The van der Waals surface area contributed by atoms with E-state index in [9.17, 15) is 8.42 Å². The zero-order valence-corrected chi connectivity index (χ0v) is 15.8. The first kappa shape index (κ1) is 17.9. The molecule has 1 N–H and O–H groups in total. The summed E-state index contributed by atoms with van der Waals surface area (Å²) in [7, 11) is -3.64. The average Bonchev–Trinajstić information content (AvgIpc) is 3.19. The molecule has 6 nitrogen and oxygen atoms in total. The van der Waals surface area contributed by atoms with Gasteiger partial charge in [-0.3, -0.25) is 4.72 Å². The van der Waals surface area contributed by atoms with Crippen LogP contribution in [0.4, 0.5) is 5.69 Å². The Morgan fingerprint density at radius 1 is 0.821 bits per heavy atom. The van der Waals surface area contributed by atoms with Crippen molar-refractivity contribution < 1.29 is 12.9 Å². The Hall–Kier alpha value is -3.45. The standard InChI is InChI=1S/C21H17N3O3S/c1-15-7-13-19(14-8-15)28(25,26)24-18-11-9-16(10-12-18)20-22-21(27-23-20)17-5-3-2-4-6-17/h2-14,24H,1H3. The van der Waals surface area contributed by atoms with E-state index in [0.717, 1.165) is 16.7 Å². The molecule has 0 aliphatic heterocycles. The molecule has 0 radical (unpaired) electrons. The highest BCUT2D eigenvalue weighted by molar-refractivity contribution is 7.92. The van der Waals surface area contributed by atoms with E-state index in [1.54, 1.807) is 48.5 Å². The minimum atomic E-state index is -3.64. The first-order valence-corrected chi connectivity index (χ1v) is 10.1. The summed E-state index contributed by atoms with van der Waals surface area (Å²) in [4.78, 5) is 4.61. The molecule has 0 unspecified atom stereocenters. The van der Waals surface area contributed by atoms with Crippen molar-refractivity contribution in [3.05, 3.63) is 84.4 Å². The fourth-order valence-corrected chi connectivity index (χ4v) is 3.72. The Morgan fingerprint density at radius 3 is 2.18 bits per heavy atom. The highest BCUT2D eigenvalue weighted by Gasteiger charge is 2.15. The minimum Gasteiger partial charge on any atom is -0.334 e. The lowest BCUT2D eigenvalue weighted by Gasteiger charge is -2.08. The Balaban J connectivity index is 1.53. The van der Waals surface area contributed by atoms with Gasteiger partial charge in [-0.1, -0.05) is 41.1 Å². The van der Waals surface area contributed by atoms with E-state index in [1.807, 2.05) is 37.3 Å². The molecule has 0 aliphatic carbocycles. The van der Waals surface area contributed by atoms with E-state index < -0.39 is 10.0 Å². The van der Waals surface area contributed by atoms with Gasteiger partial charge in [-0.15, -0.1) is 0 Å². The Kier molecular flexibility index (Phi) is 4.67. The van der Waals surface area contributed by atoms with Gasteiger partial charge in [0.05, 0.1) is 4.90 Å². The maximum absolute atomic E-state index is 12.5. The normalized spacial score (nSPS) is 11.3.